The Balaban J connectivity index is 1.93. The van der Waals surface area contributed by atoms with Gasteiger partial charge in [-0.2, -0.15) is 0 Å². The molecule has 0 unspecified atom stereocenters. The van der Waals surface area contributed by atoms with Crippen molar-refractivity contribution in [2.75, 3.05) is 6.54 Å². The highest BCUT2D eigenvalue weighted by atomic mass is 79.9. The summed E-state index contributed by atoms with van der Waals surface area (Å²) in [7, 11) is 0. The van der Waals surface area contributed by atoms with E-state index in [1.54, 1.807) is 11.8 Å². The highest BCUT2D eigenvalue weighted by molar-refractivity contribution is 9.10. The molecule has 0 radical (unpaired) electrons. The third kappa shape index (κ3) is 4.62. The lowest BCUT2D eigenvalue weighted by atomic mass is 10.2. The number of hydrogen-bond donors (Lipinski definition) is 1. The molecule has 0 aliphatic rings. The summed E-state index contributed by atoms with van der Waals surface area (Å²) in [5.41, 5.74) is 2.40. The van der Waals surface area contributed by atoms with Crippen LogP contribution in [0.2, 0.25) is 0 Å². The van der Waals surface area contributed by atoms with Crippen molar-refractivity contribution in [2.24, 2.45) is 0 Å². The van der Waals surface area contributed by atoms with Crippen LogP contribution in [0, 0.1) is 5.82 Å². The van der Waals surface area contributed by atoms with Crippen molar-refractivity contribution in [3.8, 4) is 0 Å². The fraction of sp³-hybridized carbons (Fsp3) is 0.250. The maximum atomic E-state index is 13.0. The molecular weight excluding hydrogens is 337 g/mol. The summed E-state index contributed by atoms with van der Waals surface area (Å²) < 4.78 is 13.8. The van der Waals surface area contributed by atoms with Gasteiger partial charge in [0.2, 0.25) is 0 Å². The Hall–Kier alpha value is -0.840. The third-order valence-corrected chi connectivity index (χ3v) is 4.71. The van der Waals surface area contributed by atoms with E-state index in [1.807, 2.05) is 6.07 Å². The molecule has 0 amide bonds. The summed E-state index contributed by atoms with van der Waals surface area (Å²) in [6.07, 6.45) is 0. The van der Waals surface area contributed by atoms with E-state index in [2.05, 4.69) is 52.4 Å². The predicted molar refractivity (Wildman–Crippen MR) is 87.5 cm³/mol. The van der Waals surface area contributed by atoms with Crippen molar-refractivity contribution in [3.05, 3.63) is 63.9 Å². The van der Waals surface area contributed by atoms with Crippen molar-refractivity contribution in [1.29, 1.82) is 0 Å². The lowest BCUT2D eigenvalue weighted by Gasteiger charge is -2.06. The van der Waals surface area contributed by atoms with Gasteiger partial charge in [-0.25, -0.2) is 4.39 Å². The molecule has 0 fully saturated rings. The van der Waals surface area contributed by atoms with Gasteiger partial charge in [0.05, 0.1) is 0 Å². The van der Waals surface area contributed by atoms with Crippen LogP contribution in [0.4, 0.5) is 4.39 Å². The maximum Gasteiger partial charge on any atom is 0.124 e. The first-order chi connectivity index (χ1) is 9.69. The average Bonchev–Trinajstić information content (AvgIpc) is 2.45. The van der Waals surface area contributed by atoms with Crippen LogP contribution in [0.5, 0.6) is 0 Å². The number of benzene rings is 2. The Morgan fingerprint density at radius 1 is 1.15 bits per heavy atom. The summed E-state index contributed by atoms with van der Waals surface area (Å²) >= 11 is 5.15. The predicted octanol–water partition coefficient (Wildman–Crippen LogP) is 4.99. The molecule has 0 aromatic heterocycles. The van der Waals surface area contributed by atoms with Crippen LogP contribution in [0.1, 0.15) is 18.1 Å². The number of rotatable bonds is 6. The quantitative estimate of drug-likeness (QED) is 0.734. The molecule has 2 aromatic rings. The van der Waals surface area contributed by atoms with E-state index in [-0.39, 0.29) is 5.82 Å². The van der Waals surface area contributed by atoms with Gasteiger partial charge in [-0.3, -0.25) is 0 Å². The largest absolute Gasteiger partial charge is 0.313 e. The van der Waals surface area contributed by atoms with Gasteiger partial charge < -0.3 is 5.32 Å². The van der Waals surface area contributed by atoms with Gasteiger partial charge in [0.1, 0.15) is 5.82 Å². The van der Waals surface area contributed by atoms with E-state index >= 15 is 0 Å². The number of nitrogens with one attached hydrogen (secondary N) is 1. The number of hydrogen-bond acceptors (Lipinski definition) is 2. The first-order valence-corrected chi connectivity index (χ1v) is 8.33. The molecule has 20 heavy (non-hydrogen) atoms. The molecule has 0 bridgehead atoms. The van der Waals surface area contributed by atoms with Gasteiger partial charge in [-0.05, 0) is 41.9 Å². The molecular formula is C16H17BrFNS. The van der Waals surface area contributed by atoms with E-state index in [1.165, 1.54) is 22.6 Å². The van der Waals surface area contributed by atoms with Gasteiger partial charge in [-0.1, -0.05) is 41.1 Å². The first kappa shape index (κ1) is 15.5. The lowest BCUT2D eigenvalue weighted by Crippen LogP contribution is -2.11. The highest BCUT2D eigenvalue weighted by Gasteiger charge is 2.03. The minimum Gasteiger partial charge on any atom is -0.313 e. The van der Waals surface area contributed by atoms with E-state index in [9.17, 15) is 4.39 Å². The van der Waals surface area contributed by atoms with Crippen LogP contribution in [-0.4, -0.2) is 6.54 Å². The van der Waals surface area contributed by atoms with Gasteiger partial charge in [0, 0.05) is 21.7 Å². The smallest absolute Gasteiger partial charge is 0.124 e. The van der Waals surface area contributed by atoms with Gasteiger partial charge >= 0.3 is 0 Å². The van der Waals surface area contributed by atoms with Crippen LogP contribution >= 0.6 is 27.7 Å². The Labute approximate surface area is 132 Å². The molecule has 0 saturated heterocycles. The Morgan fingerprint density at radius 2 is 1.90 bits per heavy atom. The molecule has 0 atom stereocenters. The van der Waals surface area contributed by atoms with Gasteiger partial charge in [0.25, 0.3) is 0 Å². The lowest BCUT2D eigenvalue weighted by molar-refractivity contribution is 0.626. The zero-order valence-corrected chi connectivity index (χ0v) is 13.7. The molecule has 1 nitrogen and oxygen atoms in total. The topological polar surface area (TPSA) is 12.0 Å². The highest BCUT2D eigenvalue weighted by Crippen LogP contribution is 2.27. The molecule has 106 valence electrons. The van der Waals surface area contributed by atoms with Crippen molar-refractivity contribution in [1.82, 2.24) is 5.32 Å². The van der Waals surface area contributed by atoms with E-state index in [4.69, 9.17) is 0 Å². The average molecular weight is 354 g/mol. The van der Waals surface area contributed by atoms with Crippen LogP contribution in [0.25, 0.3) is 0 Å². The molecule has 0 aliphatic carbocycles. The number of halogens is 2. The van der Waals surface area contributed by atoms with E-state index in [0.29, 0.717) is 0 Å². The third-order valence-electron chi connectivity index (χ3n) is 2.91. The fourth-order valence-electron chi connectivity index (χ4n) is 1.77. The second kappa shape index (κ2) is 7.81. The molecule has 1 N–H and O–H groups in total. The second-order valence-corrected chi connectivity index (χ2v) is 6.35. The second-order valence-electron chi connectivity index (χ2n) is 4.45. The standard InChI is InChI=1S/C16H17BrFNS/c1-2-19-10-12-3-7-15(8-4-12)20-11-13-5-6-14(18)9-16(13)17/h3-9,19H,2,10-11H2,1H3. The van der Waals surface area contributed by atoms with Crippen LogP contribution in [-0.2, 0) is 12.3 Å². The number of thioether (sulfide) groups is 1. The van der Waals surface area contributed by atoms with Gasteiger partial charge in [-0.15, -0.1) is 11.8 Å². The summed E-state index contributed by atoms with van der Waals surface area (Å²) in [6, 6.07) is 13.4. The maximum absolute atomic E-state index is 13.0. The summed E-state index contributed by atoms with van der Waals surface area (Å²) in [5.74, 6) is 0.617. The Kier molecular flexibility index (Phi) is 6.07. The summed E-state index contributed by atoms with van der Waals surface area (Å²) in [5, 5.41) is 3.31. The molecule has 0 spiro atoms. The minimum atomic E-state index is -0.210. The Bertz CT molecular complexity index is 557. The molecule has 4 heteroatoms. The van der Waals surface area contributed by atoms with E-state index in [0.717, 1.165) is 28.9 Å². The molecule has 0 saturated carbocycles. The fourth-order valence-corrected chi connectivity index (χ4v) is 3.35. The normalized spacial score (nSPS) is 10.8. The van der Waals surface area contributed by atoms with Crippen molar-refractivity contribution < 1.29 is 4.39 Å². The SMILES string of the molecule is CCNCc1ccc(SCc2ccc(F)cc2Br)cc1. The summed E-state index contributed by atoms with van der Waals surface area (Å²) in [6.45, 7) is 3.99. The molecule has 0 aliphatic heterocycles. The molecule has 2 rings (SSSR count). The van der Waals surface area contributed by atoms with Crippen LogP contribution < -0.4 is 5.32 Å². The zero-order valence-electron chi connectivity index (χ0n) is 11.3. The summed E-state index contributed by atoms with van der Waals surface area (Å²) in [4.78, 5) is 1.22. The molecule has 2 aromatic carbocycles. The molecule has 0 heterocycles. The van der Waals surface area contributed by atoms with Crippen LogP contribution in [0.3, 0.4) is 0 Å². The minimum absolute atomic E-state index is 0.210. The van der Waals surface area contributed by atoms with Gasteiger partial charge in [0.15, 0.2) is 0 Å². The Morgan fingerprint density at radius 3 is 2.55 bits per heavy atom. The first-order valence-electron chi connectivity index (χ1n) is 6.55. The van der Waals surface area contributed by atoms with Crippen molar-refractivity contribution >= 4 is 27.7 Å². The van der Waals surface area contributed by atoms with Crippen molar-refractivity contribution in [3.63, 3.8) is 0 Å². The van der Waals surface area contributed by atoms with E-state index < -0.39 is 0 Å². The zero-order chi connectivity index (χ0) is 14.4. The van der Waals surface area contributed by atoms with Crippen molar-refractivity contribution in [2.45, 2.75) is 24.1 Å². The monoisotopic (exact) mass is 353 g/mol. The van der Waals surface area contributed by atoms with Crippen LogP contribution in [0.15, 0.2) is 51.8 Å².